The minimum absolute atomic E-state index is 0.0273. The molecule has 1 saturated heterocycles. The van der Waals surface area contributed by atoms with Crippen molar-refractivity contribution in [3.8, 4) is 0 Å². The minimum atomic E-state index is -1.86. The van der Waals surface area contributed by atoms with Gasteiger partial charge in [0.25, 0.3) is 0 Å². The second-order valence-corrected chi connectivity index (χ2v) is 20.0. The quantitative estimate of drug-likeness (QED) is 0.379. The highest BCUT2D eigenvalue weighted by Gasteiger charge is 2.70. The van der Waals surface area contributed by atoms with Crippen LogP contribution in [0.3, 0.4) is 0 Å². The van der Waals surface area contributed by atoms with Crippen LogP contribution in [0.25, 0.3) is 0 Å². The van der Waals surface area contributed by atoms with Crippen LogP contribution >= 0.6 is 0 Å². The molecule has 0 spiro atoms. The third kappa shape index (κ3) is 3.43. The summed E-state index contributed by atoms with van der Waals surface area (Å²) in [6.07, 6.45) is 11.2. The number of hydrogen-bond donors (Lipinski definition) is 0. The van der Waals surface area contributed by atoms with E-state index in [9.17, 15) is 0 Å². The number of hydrogen-bond acceptors (Lipinski definition) is 3. The predicted molar refractivity (Wildman–Crippen MR) is 138 cm³/mol. The van der Waals surface area contributed by atoms with Crippen LogP contribution in [-0.2, 0) is 13.9 Å². The summed E-state index contributed by atoms with van der Waals surface area (Å²) >= 11 is 0. The second-order valence-electron chi connectivity index (χ2n) is 15.3. The van der Waals surface area contributed by atoms with E-state index in [1.807, 2.05) is 0 Å². The zero-order valence-corrected chi connectivity index (χ0v) is 24.3. The summed E-state index contributed by atoms with van der Waals surface area (Å²) in [4.78, 5) is 0. The van der Waals surface area contributed by atoms with Crippen molar-refractivity contribution in [2.45, 2.75) is 148 Å². The summed E-state index contributed by atoms with van der Waals surface area (Å²) in [6.45, 7) is 24.1. The highest BCUT2D eigenvalue weighted by atomic mass is 28.4. The fraction of sp³-hybridized carbons (Fsp3) is 1.00. The average Bonchev–Trinajstić information content (AvgIpc) is 3.13. The van der Waals surface area contributed by atoms with E-state index in [2.05, 4.69) is 68.5 Å². The van der Waals surface area contributed by atoms with Crippen molar-refractivity contribution in [3.63, 3.8) is 0 Å². The molecular weight excluding hydrogens is 424 g/mol. The van der Waals surface area contributed by atoms with E-state index in [-0.39, 0.29) is 28.3 Å². The van der Waals surface area contributed by atoms with Gasteiger partial charge in [0.15, 0.2) is 14.1 Å². The van der Waals surface area contributed by atoms with Gasteiger partial charge in [-0.05, 0) is 112 Å². The van der Waals surface area contributed by atoms with Crippen molar-refractivity contribution in [1.82, 2.24) is 0 Å². The molecule has 33 heavy (non-hydrogen) atoms. The third-order valence-corrected chi connectivity index (χ3v) is 16.8. The second kappa shape index (κ2) is 7.32. The van der Waals surface area contributed by atoms with E-state index < -0.39 is 14.1 Å². The van der Waals surface area contributed by atoms with Crippen LogP contribution in [0, 0.1) is 34.5 Å². The summed E-state index contributed by atoms with van der Waals surface area (Å²) in [6, 6.07) is 0. The molecule has 1 aliphatic heterocycles. The molecule has 5 rings (SSSR count). The Balaban J connectivity index is 1.52. The van der Waals surface area contributed by atoms with Gasteiger partial charge in [-0.2, -0.15) is 0 Å². The fourth-order valence-electron chi connectivity index (χ4n) is 9.34. The number of rotatable bonds is 2. The van der Waals surface area contributed by atoms with Crippen molar-refractivity contribution < 1.29 is 13.9 Å². The Labute approximate surface area is 205 Å². The molecule has 190 valence electrons. The molecule has 0 aromatic rings. The molecule has 0 N–H and O–H groups in total. The lowest BCUT2D eigenvalue weighted by atomic mass is 9.43. The first-order valence-electron chi connectivity index (χ1n) is 14.1. The van der Waals surface area contributed by atoms with Gasteiger partial charge in [-0.15, -0.1) is 0 Å². The van der Waals surface area contributed by atoms with E-state index in [0.717, 1.165) is 5.92 Å². The first kappa shape index (κ1) is 24.8. The van der Waals surface area contributed by atoms with Crippen molar-refractivity contribution in [2.75, 3.05) is 0 Å². The maximum atomic E-state index is 7.35. The first-order chi connectivity index (χ1) is 15.0. The molecular formula is C29H52O3Si. The highest BCUT2D eigenvalue weighted by molar-refractivity contribution is 6.74. The Bertz CT molecular complexity index is 786. The molecule has 4 saturated carbocycles. The van der Waals surface area contributed by atoms with E-state index in [1.165, 1.54) is 51.4 Å². The van der Waals surface area contributed by atoms with E-state index >= 15 is 0 Å². The van der Waals surface area contributed by atoms with E-state index in [1.54, 1.807) is 0 Å². The highest BCUT2D eigenvalue weighted by Crippen LogP contribution is 2.71. The summed E-state index contributed by atoms with van der Waals surface area (Å²) in [5.74, 6) is 2.28. The molecule has 0 aromatic carbocycles. The fourth-order valence-corrected chi connectivity index (χ4v) is 11.1. The van der Waals surface area contributed by atoms with Crippen molar-refractivity contribution in [2.24, 2.45) is 34.5 Å². The van der Waals surface area contributed by atoms with Gasteiger partial charge in [-0.25, -0.2) is 0 Å². The van der Waals surface area contributed by atoms with Crippen LogP contribution in [0.5, 0.6) is 0 Å². The van der Waals surface area contributed by atoms with Crippen LogP contribution in [0.1, 0.15) is 107 Å². The average molecular weight is 477 g/mol. The van der Waals surface area contributed by atoms with Crippen LogP contribution in [0.2, 0.25) is 18.1 Å². The van der Waals surface area contributed by atoms with E-state index in [4.69, 9.17) is 13.9 Å². The molecule has 5 fully saturated rings. The third-order valence-electron chi connectivity index (χ3n) is 12.3. The first-order valence-corrected chi connectivity index (χ1v) is 17.0. The van der Waals surface area contributed by atoms with Crippen molar-refractivity contribution >= 4 is 8.32 Å². The van der Waals surface area contributed by atoms with Gasteiger partial charge in [0.05, 0.1) is 17.8 Å². The van der Waals surface area contributed by atoms with Gasteiger partial charge < -0.3 is 13.9 Å². The SMILES string of the molecule is CC1(C)O[C@@H]2C3C(CC[C@@]4(C)C3CC[C@]4(C)O[Si](C)(C)C(C)(C)C)[C@@]3(C)CCCCC3[C@H]2O1. The molecule has 5 aliphatic rings. The Morgan fingerprint density at radius 1 is 0.758 bits per heavy atom. The standard InChI is InChI=1S/C29H52O3Si/c1-25(2,3)33(9,10)32-29(8)18-15-20-22-19(14-17-28(20,29)7)27(6)16-12-11-13-21(27)23-24(22)31-26(4,5)30-23/h19-24H,11-18H2,1-10H3/t19?,20?,21?,22?,23-,24-,27-,28+,29+/m1/s1. The molecule has 0 bridgehead atoms. The Morgan fingerprint density at radius 3 is 2.06 bits per heavy atom. The zero-order chi connectivity index (χ0) is 24.2. The van der Waals surface area contributed by atoms with Crippen LogP contribution in [0.15, 0.2) is 0 Å². The molecule has 4 heteroatoms. The maximum absolute atomic E-state index is 7.35. The van der Waals surface area contributed by atoms with Crippen molar-refractivity contribution in [1.29, 1.82) is 0 Å². The number of ether oxygens (including phenoxy) is 2. The molecule has 4 unspecified atom stereocenters. The zero-order valence-electron chi connectivity index (χ0n) is 23.3. The van der Waals surface area contributed by atoms with Gasteiger partial charge in [0, 0.05) is 0 Å². The van der Waals surface area contributed by atoms with Gasteiger partial charge in [0.1, 0.15) is 0 Å². The lowest BCUT2D eigenvalue weighted by Crippen LogP contribution is -2.64. The lowest BCUT2D eigenvalue weighted by molar-refractivity contribution is -0.192. The lowest BCUT2D eigenvalue weighted by Gasteiger charge is -2.64. The molecule has 3 nitrogen and oxygen atoms in total. The smallest absolute Gasteiger partial charge is 0.192 e. The number of fused-ring (bicyclic) bond motifs is 8. The van der Waals surface area contributed by atoms with Gasteiger partial charge >= 0.3 is 0 Å². The molecule has 1 heterocycles. The molecule has 9 atom stereocenters. The van der Waals surface area contributed by atoms with Gasteiger partial charge in [0.2, 0.25) is 0 Å². The summed E-state index contributed by atoms with van der Waals surface area (Å²) < 4.78 is 20.9. The predicted octanol–water partition coefficient (Wildman–Crippen LogP) is 7.94. The van der Waals surface area contributed by atoms with E-state index in [0.29, 0.717) is 23.2 Å². The topological polar surface area (TPSA) is 27.7 Å². The monoisotopic (exact) mass is 476 g/mol. The molecule has 0 aromatic heterocycles. The summed E-state index contributed by atoms with van der Waals surface area (Å²) in [5, 5.41) is 0.243. The Kier molecular flexibility index (Phi) is 5.50. The molecule has 0 amide bonds. The molecule has 0 radical (unpaired) electrons. The Hall–Kier alpha value is 0.0969. The van der Waals surface area contributed by atoms with Crippen LogP contribution in [0.4, 0.5) is 0 Å². The largest absolute Gasteiger partial charge is 0.411 e. The Morgan fingerprint density at radius 2 is 1.39 bits per heavy atom. The summed E-state index contributed by atoms with van der Waals surface area (Å²) in [7, 11) is -1.86. The van der Waals surface area contributed by atoms with Gasteiger partial charge in [-0.3, -0.25) is 0 Å². The van der Waals surface area contributed by atoms with Crippen LogP contribution < -0.4 is 0 Å². The maximum Gasteiger partial charge on any atom is 0.192 e. The van der Waals surface area contributed by atoms with Crippen LogP contribution in [-0.4, -0.2) is 31.9 Å². The summed E-state index contributed by atoms with van der Waals surface area (Å²) in [5.41, 5.74) is 0.608. The normalized spacial score (nSPS) is 51.5. The van der Waals surface area contributed by atoms with Gasteiger partial charge in [-0.1, -0.05) is 47.5 Å². The van der Waals surface area contributed by atoms with Crippen molar-refractivity contribution in [3.05, 3.63) is 0 Å². The molecule has 4 aliphatic carbocycles. The minimum Gasteiger partial charge on any atom is -0.411 e.